The topological polar surface area (TPSA) is 30.5 Å². The van der Waals surface area contributed by atoms with E-state index >= 15 is 0 Å². The van der Waals surface area contributed by atoms with Crippen LogP contribution in [0.5, 0.6) is 0 Å². The van der Waals surface area contributed by atoms with Crippen molar-refractivity contribution in [1.29, 1.82) is 0 Å². The molecule has 0 spiro atoms. The van der Waals surface area contributed by atoms with Crippen LogP contribution >= 0.6 is 0 Å². The van der Waals surface area contributed by atoms with Crippen molar-refractivity contribution in [3.8, 4) is 0 Å². The smallest absolute Gasteiger partial charge is 0.109 e. The molecular weight excluding hydrogens is 202 g/mol. The van der Waals surface area contributed by atoms with Crippen LogP contribution in [0.4, 0.5) is 0 Å². The molecule has 0 aromatic rings. The average molecular weight is 225 g/mol. The molecule has 3 heteroatoms. The summed E-state index contributed by atoms with van der Waals surface area (Å²) >= 11 is 0. The predicted octanol–water partition coefficient (Wildman–Crippen LogP) is 2.09. The number of hydrogen-bond acceptors (Lipinski definition) is 3. The summed E-state index contributed by atoms with van der Waals surface area (Å²) in [6.07, 6.45) is 6.90. The van der Waals surface area contributed by atoms with Crippen LogP contribution in [0.25, 0.3) is 0 Å². The van der Waals surface area contributed by atoms with Gasteiger partial charge in [0.25, 0.3) is 0 Å². The lowest BCUT2D eigenvalue weighted by Gasteiger charge is -2.31. The van der Waals surface area contributed by atoms with Crippen LogP contribution in [0.3, 0.4) is 0 Å². The van der Waals surface area contributed by atoms with Crippen LogP contribution in [0.1, 0.15) is 32.6 Å². The zero-order valence-corrected chi connectivity index (χ0v) is 10.2. The molecule has 0 aliphatic carbocycles. The molecule has 2 rings (SSSR count). The molecule has 2 aliphatic heterocycles. The lowest BCUT2D eigenvalue weighted by molar-refractivity contribution is 0.0354. The van der Waals surface area contributed by atoms with Crippen molar-refractivity contribution in [1.82, 2.24) is 5.32 Å². The molecular formula is C13H23NO2. The Morgan fingerprint density at radius 1 is 1.50 bits per heavy atom. The van der Waals surface area contributed by atoms with Gasteiger partial charge >= 0.3 is 0 Å². The van der Waals surface area contributed by atoms with Gasteiger partial charge in [-0.1, -0.05) is 6.92 Å². The van der Waals surface area contributed by atoms with E-state index < -0.39 is 0 Å². The molecule has 0 saturated carbocycles. The molecule has 16 heavy (non-hydrogen) atoms. The van der Waals surface area contributed by atoms with Crippen LogP contribution in [0.15, 0.2) is 11.8 Å². The fraction of sp³-hybridized carbons (Fsp3) is 0.846. The summed E-state index contributed by atoms with van der Waals surface area (Å²) < 4.78 is 11.3. The molecule has 92 valence electrons. The SMILES string of the molecule is CCCNC(C1=CCCO1)C1CCCOC1. The van der Waals surface area contributed by atoms with Gasteiger partial charge in [0, 0.05) is 18.9 Å². The van der Waals surface area contributed by atoms with Gasteiger partial charge in [-0.3, -0.25) is 0 Å². The number of nitrogens with one attached hydrogen (secondary N) is 1. The van der Waals surface area contributed by atoms with Crippen LogP contribution in [-0.4, -0.2) is 32.4 Å². The van der Waals surface area contributed by atoms with Gasteiger partial charge in [0.1, 0.15) is 5.76 Å². The molecule has 1 fully saturated rings. The van der Waals surface area contributed by atoms with Gasteiger partial charge in [0.15, 0.2) is 0 Å². The summed E-state index contributed by atoms with van der Waals surface area (Å²) in [5.74, 6) is 1.74. The zero-order chi connectivity index (χ0) is 11.2. The van der Waals surface area contributed by atoms with Gasteiger partial charge < -0.3 is 14.8 Å². The molecule has 2 atom stereocenters. The Labute approximate surface area is 98.2 Å². The van der Waals surface area contributed by atoms with Crippen LogP contribution in [0, 0.1) is 5.92 Å². The van der Waals surface area contributed by atoms with Gasteiger partial charge in [-0.25, -0.2) is 0 Å². The highest BCUT2D eigenvalue weighted by atomic mass is 16.5. The Kier molecular flexibility index (Phi) is 4.67. The maximum absolute atomic E-state index is 5.71. The van der Waals surface area contributed by atoms with E-state index in [-0.39, 0.29) is 0 Å². The summed E-state index contributed by atoms with van der Waals surface area (Å²) in [6, 6.07) is 0.378. The Hall–Kier alpha value is -0.540. The van der Waals surface area contributed by atoms with Gasteiger partial charge in [0.05, 0.1) is 19.3 Å². The van der Waals surface area contributed by atoms with Crippen molar-refractivity contribution >= 4 is 0 Å². The third kappa shape index (κ3) is 2.98. The molecule has 0 amide bonds. The first-order chi connectivity index (χ1) is 7.92. The van der Waals surface area contributed by atoms with Gasteiger partial charge in [-0.05, 0) is 31.9 Å². The van der Waals surface area contributed by atoms with E-state index in [4.69, 9.17) is 9.47 Å². The van der Waals surface area contributed by atoms with Gasteiger partial charge in [0.2, 0.25) is 0 Å². The lowest BCUT2D eigenvalue weighted by atomic mass is 9.92. The first-order valence-corrected chi connectivity index (χ1v) is 6.55. The maximum Gasteiger partial charge on any atom is 0.109 e. The van der Waals surface area contributed by atoms with E-state index in [2.05, 4.69) is 18.3 Å². The van der Waals surface area contributed by atoms with Crippen molar-refractivity contribution in [2.45, 2.75) is 38.6 Å². The van der Waals surface area contributed by atoms with E-state index in [9.17, 15) is 0 Å². The second kappa shape index (κ2) is 6.26. The minimum Gasteiger partial charge on any atom is -0.496 e. The van der Waals surface area contributed by atoms with Crippen molar-refractivity contribution in [3.63, 3.8) is 0 Å². The molecule has 2 unspecified atom stereocenters. The maximum atomic E-state index is 5.71. The van der Waals surface area contributed by atoms with E-state index in [0.717, 1.165) is 45.0 Å². The van der Waals surface area contributed by atoms with Crippen molar-refractivity contribution < 1.29 is 9.47 Å². The van der Waals surface area contributed by atoms with Crippen molar-refractivity contribution in [3.05, 3.63) is 11.8 Å². The largest absolute Gasteiger partial charge is 0.496 e. The molecule has 2 aliphatic rings. The Balaban J connectivity index is 1.94. The second-order valence-corrected chi connectivity index (χ2v) is 4.65. The summed E-state index contributed by atoms with van der Waals surface area (Å²) in [6.45, 7) is 5.92. The van der Waals surface area contributed by atoms with Crippen LogP contribution in [-0.2, 0) is 9.47 Å². The first-order valence-electron chi connectivity index (χ1n) is 6.55. The Bertz CT molecular complexity index is 234. The molecule has 3 nitrogen and oxygen atoms in total. The minimum atomic E-state index is 0.378. The summed E-state index contributed by atoms with van der Waals surface area (Å²) in [7, 11) is 0. The fourth-order valence-corrected chi connectivity index (χ4v) is 2.48. The van der Waals surface area contributed by atoms with E-state index in [0.29, 0.717) is 12.0 Å². The first kappa shape index (κ1) is 11.9. The van der Waals surface area contributed by atoms with E-state index in [1.54, 1.807) is 0 Å². The Morgan fingerprint density at radius 3 is 3.06 bits per heavy atom. The molecule has 0 bridgehead atoms. The molecule has 0 aromatic carbocycles. The summed E-state index contributed by atoms with van der Waals surface area (Å²) in [5.41, 5.74) is 0. The normalized spacial score (nSPS) is 27.3. The van der Waals surface area contributed by atoms with Gasteiger partial charge in [-0.2, -0.15) is 0 Å². The summed E-state index contributed by atoms with van der Waals surface area (Å²) in [5, 5.41) is 3.61. The molecule has 1 N–H and O–H groups in total. The monoisotopic (exact) mass is 225 g/mol. The fourth-order valence-electron chi connectivity index (χ4n) is 2.48. The van der Waals surface area contributed by atoms with Crippen molar-refractivity contribution in [2.24, 2.45) is 5.92 Å². The van der Waals surface area contributed by atoms with Crippen molar-refractivity contribution in [2.75, 3.05) is 26.4 Å². The predicted molar refractivity (Wildman–Crippen MR) is 64.3 cm³/mol. The molecule has 1 saturated heterocycles. The van der Waals surface area contributed by atoms with E-state index in [1.165, 1.54) is 12.8 Å². The summed E-state index contributed by atoms with van der Waals surface area (Å²) in [4.78, 5) is 0. The highest BCUT2D eigenvalue weighted by molar-refractivity contribution is 5.09. The standard InChI is InChI=1S/C13H23NO2/c1-2-7-14-13(12-6-4-9-16-12)11-5-3-8-15-10-11/h6,11,13-14H,2-5,7-10H2,1H3. The molecule has 0 radical (unpaired) electrons. The lowest BCUT2D eigenvalue weighted by Crippen LogP contribution is -2.42. The quantitative estimate of drug-likeness (QED) is 0.777. The highest BCUT2D eigenvalue weighted by Gasteiger charge is 2.28. The third-order valence-electron chi connectivity index (χ3n) is 3.32. The van der Waals surface area contributed by atoms with E-state index in [1.807, 2.05) is 0 Å². The van der Waals surface area contributed by atoms with Crippen LogP contribution < -0.4 is 5.32 Å². The van der Waals surface area contributed by atoms with Crippen LogP contribution in [0.2, 0.25) is 0 Å². The Morgan fingerprint density at radius 2 is 2.44 bits per heavy atom. The number of rotatable bonds is 5. The third-order valence-corrected chi connectivity index (χ3v) is 3.32. The molecule has 0 aromatic heterocycles. The number of hydrogen-bond donors (Lipinski definition) is 1. The molecule has 2 heterocycles. The average Bonchev–Trinajstić information content (AvgIpc) is 2.85. The van der Waals surface area contributed by atoms with Gasteiger partial charge in [-0.15, -0.1) is 0 Å². The number of ether oxygens (including phenoxy) is 2. The second-order valence-electron chi connectivity index (χ2n) is 4.65. The highest BCUT2D eigenvalue weighted by Crippen LogP contribution is 2.25. The minimum absolute atomic E-state index is 0.378. The zero-order valence-electron chi connectivity index (χ0n) is 10.2.